The molecule has 0 heterocycles. The predicted molar refractivity (Wildman–Crippen MR) is 117 cm³/mol. The van der Waals surface area contributed by atoms with Crippen molar-refractivity contribution < 1.29 is 14.2 Å². The van der Waals surface area contributed by atoms with Crippen LogP contribution >= 0.6 is 11.6 Å². The van der Waals surface area contributed by atoms with Gasteiger partial charge in [-0.05, 0) is 54.4 Å². The smallest absolute Gasteiger partial charge is 0.160 e. The van der Waals surface area contributed by atoms with Crippen LogP contribution in [-0.4, -0.2) is 20.8 Å². The van der Waals surface area contributed by atoms with E-state index in [4.69, 9.17) is 25.8 Å². The van der Waals surface area contributed by atoms with Crippen LogP contribution in [0.4, 0.5) is 0 Å². The number of hydrogen-bond donors (Lipinski definition) is 1. The molecule has 0 aliphatic heterocycles. The Kier molecular flexibility index (Phi) is 7.79. The molecule has 0 aliphatic rings. The van der Waals surface area contributed by atoms with Gasteiger partial charge in [0.1, 0.15) is 12.4 Å². The fourth-order valence-electron chi connectivity index (χ4n) is 2.98. The Labute approximate surface area is 177 Å². The standard InChI is InChI=1S/C24H26ClNO3/c1-27-23-12-9-18(15-24(23)28-2)13-14-26-16-19-7-10-21(11-8-19)29-17-20-5-3-4-6-22(20)25/h3-12,15,26H,13-14,16-17H2,1-2H3. The first kappa shape index (κ1) is 21.0. The first-order chi connectivity index (χ1) is 14.2. The van der Waals surface area contributed by atoms with Crippen molar-refractivity contribution in [1.29, 1.82) is 0 Å². The third-order valence-electron chi connectivity index (χ3n) is 4.64. The van der Waals surface area contributed by atoms with Crippen molar-refractivity contribution >= 4 is 11.6 Å². The monoisotopic (exact) mass is 411 g/mol. The van der Waals surface area contributed by atoms with Gasteiger partial charge in [-0.25, -0.2) is 0 Å². The van der Waals surface area contributed by atoms with E-state index >= 15 is 0 Å². The topological polar surface area (TPSA) is 39.7 Å². The summed E-state index contributed by atoms with van der Waals surface area (Å²) in [5.41, 5.74) is 3.40. The molecule has 0 unspecified atom stereocenters. The molecule has 3 aromatic rings. The summed E-state index contributed by atoms with van der Waals surface area (Å²) >= 11 is 6.16. The Bertz CT molecular complexity index is 912. The maximum Gasteiger partial charge on any atom is 0.160 e. The zero-order chi connectivity index (χ0) is 20.5. The van der Waals surface area contributed by atoms with Gasteiger partial charge in [0.05, 0.1) is 14.2 Å². The quantitative estimate of drug-likeness (QED) is 0.461. The van der Waals surface area contributed by atoms with Gasteiger partial charge in [0, 0.05) is 17.1 Å². The highest BCUT2D eigenvalue weighted by molar-refractivity contribution is 6.31. The summed E-state index contributed by atoms with van der Waals surface area (Å²) < 4.78 is 16.5. The van der Waals surface area contributed by atoms with E-state index in [1.807, 2.05) is 48.5 Å². The summed E-state index contributed by atoms with van der Waals surface area (Å²) in [5, 5.41) is 4.20. The molecule has 0 radical (unpaired) electrons. The van der Waals surface area contributed by atoms with Gasteiger partial charge in [-0.15, -0.1) is 0 Å². The number of rotatable bonds is 10. The lowest BCUT2D eigenvalue weighted by molar-refractivity contribution is 0.306. The average molecular weight is 412 g/mol. The minimum absolute atomic E-state index is 0.461. The largest absolute Gasteiger partial charge is 0.493 e. The number of halogens is 1. The molecule has 0 aromatic heterocycles. The normalized spacial score (nSPS) is 10.6. The van der Waals surface area contributed by atoms with Gasteiger partial charge in [0.2, 0.25) is 0 Å². The van der Waals surface area contributed by atoms with Gasteiger partial charge >= 0.3 is 0 Å². The third-order valence-corrected chi connectivity index (χ3v) is 5.01. The minimum atomic E-state index is 0.461. The van der Waals surface area contributed by atoms with Crippen LogP contribution in [0.3, 0.4) is 0 Å². The van der Waals surface area contributed by atoms with Gasteiger partial charge < -0.3 is 19.5 Å². The summed E-state index contributed by atoms with van der Waals surface area (Å²) in [6.07, 6.45) is 0.916. The second-order valence-electron chi connectivity index (χ2n) is 6.64. The molecule has 0 amide bonds. The van der Waals surface area contributed by atoms with Crippen LogP contribution in [-0.2, 0) is 19.6 Å². The Balaban J connectivity index is 1.43. The zero-order valence-electron chi connectivity index (χ0n) is 16.8. The van der Waals surface area contributed by atoms with Crippen LogP contribution in [0.1, 0.15) is 16.7 Å². The van der Waals surface area contributed by atoms with Gasteiger partial charge in [-0.1, -0.05) is 48.0 Å². The molecule has 5 heteroatoms. The summed E-state index contributed by atoms with van der Waals surface area (Å²) in [6.45, 7) is 2.14. The van der Waals surface area contributed by atoms with Crippen LogP contribution in [0.25, 0.3) is 0 Å². The highest BCUT2D eigenvalue weighted by Gasteiger charge is 2.05. The van der Waals surface area contributed by atoms with E-state index in [9.17, 15) is 0 Å². The van der Waals surface area contributed by atoms with E-state index in [1.54, 1.807) is 14.2 Å². The number of hydrogen-bond acceptors (Lipinski definition) is 4. The molecular formula is C24H26ClNO3. The summed E-state index contributed by atoms with van der Waals surface area (Å²) in [7, 11) is 3.30. The predicted octanol–water partition coefficient (Wildman–Crippen LogP) is 5.27. The molecule has 3 rings (SSSR count). The highest BCUT2D eigenvalue weighted by Crippen LogP contribution is 2.27. The van der Waals surface area contributed by atoms with Crippen LogP contribution < -0.4 is 19.5 Å². The summed E-state index contributed by atoms with van der Waals surface area (Å²) in [6, 6.07) is 21.9. The Morgan fingerprint density at radius 2 is 1.55 bits per heavy atom. The molecule has 3 aromatic carbocycles. The maximum atomic E-state index is 6.16. The van der Waals surface area contributed by atoms with E-state index in [2.05, 4.69) is 23.5 Å². The number of methoxy groups -OCH3 is 2. The molecule has 0 saturated heterocycles. The van der Waals surface area contributed by atoms with Crippen molar-refractivity contribution in [3.05, 3.63) is 88.4 Å². The van der Waals surface area contributed by atoms with E-state index < -0.39 is 0 Å². The number of ether oxygens (including phenoxy) is 3. The Morgan fingerprint density at radius 1 is 0.828 bits per heavy atom. The molecule has 4 nitrogen and oxygen atoms in total. The van der Waals surface area contributed by atoms with Crippen molar-refractivity contribution in [1.82, 2.24) is 5.32 Å². The lowest BCUT2D eigenvalue weighted by atomic mass is 10.1. The molecule has 0 saturated carbocycles. The molecule has 0 aliphatic carbocycles. The van der Waals surface area contributed by atoms with Gasteiger partial charge in [-0.3, -0.25) is 0 Å². The van der Waals surface area contributed by atoms with Crippen molar-refractivity contribution in [3.63, 3.8) is 0 Å². The van der Waals surface area contributed by atoms with Crippen LogP contribution in [0.2, 0.25) is 5.02 Å². The lowest BCUT2D eigenvalue weighted by Crippen LogP contribution is -2.16. The Hall–Kier alpha value is -2.69. The molecule has 29 heavy (non-hydrogen) atoms. The van der Waals surface area contributed by atoms with Gasteiger partial charge in [0.25, 0.3) is 0 Å². The SMILES string of the molecule is COc1ccc(CCNCc2ccc(OCc3ccccc3Cl)cc2)cc1OC. The van der Waals surface area contributed by atoms with E-state index in [0.29, 0.717) is 6.61 Å². The van der Waals surface area contributed by atoms with Crippen LogP contribution in [0.5, 0.6) is 17.2 Å². The highest BCUT2D eigenvalue weighted by atomic mass is 35.5. The molecule has 0 bridgehead atoms. The van der Waals surface area contributed by atoms with E-state index in [-0.39, 0.29) is 0 Å². The first-order valence-electron chi connectivity index (χ1n) is 9.56. The molecule has 152 valence electrons. The average Bonchev–Trinajstić information content (AvgIpc) is 2.77. The van der Waals surface area contributed by atoms with Gasteiger partial charge in [-0.2, -0.15) is 0 Å². The lowest BCUT2D eigenvalue weighted by Gasteiger charge is -2.11. The van der Waals surface area contributed by atoms with Crippen molar-refractivity contribution in [2.75, 3.05) is 20.8 Å². The van der Waals surface area contributed by atoms with Crippen LogP contribution in [0, 0.1) is 0 Å². The zero-order valence-corrected chi connectivity index (χ0v) is 17.5. The van der Waals surface area contributed by atoms with Crippen LogP contribution in [0.15, 0.2) is 66.7 Å². The fourth-order valence-corrected chi connectivity index (χ4v) is 3.17. The maximum absolute atomic E-state index is 6.16. The second kappa shape index (κ2) is 10.7. The van der Waals surface area contributed by atoms with Gasteiger partial charge in [0.15, 0.2) is 11.5 Å². The Morgan fingerprint density at radius 3 is 2.28 bits per heavy atom. The first-order valence-corrected chi connectivity index (χ1v) is 9.94. The molecule has 0 atom stereocenters. The molecule has 0 spiro atoms. The summed E-state index contributed by atoms with van der Waals surface area (Å²) in [5.74, 6) is 2.34. The molecule has 1 N–H and O–H groups in total. The fraction of sp³-hybridized carbons (Fsp3) is 0.250. The number of benzene rings is 3. The van der Waals surface area contributed by atoms with Crippen molar-refractivity contribution in [3.8, 4) is 17.2 Å². The summed E-state index contributed by atoms with van der Waals surface area (Å²) in [4.78, 5) is 0. The van der Waals surface area contributed by atoms with E-state index in [0.717, 1.165) is 47.3 Å². The minimum Gasteiger partial charge on any atom is -0.493 e. The second-order valence-corrected chi connectivity index (χ2v) is 7.05. The van der Waals surface area contributed by atoms with Crippen molar-refractivity contribution in [2.45, 2.75) is 19.6 Å². The molecule has 0 fully saturated rings. The van der Waals surface area contributed by atoms with Crippen molar-refractivity contribution in [2.24, 2.45) is 0 Å². The number of nitrogens with one attached hydrogen (secondary N) is 1. The molecular weight excluding hydrogens is 386 g/mol. The van der Waals surface area contributed by atoms with E-state index in [1.165, 1.54) is 11.1 Å². The third kappa shape index (κ3) is 6.14.